The highest BCUT2D eigenvalue weighted by atomic mass is 32.2. The van der Waals surface area contributed by atoms with Gasteiger partial charge in [0.1, 0.15) is 22.9 Å². The minimum atomic E-state index is -0.572. The number of aliphatic hydroxyl groups is 2. The largest absolute Gasteiger partial charge is 0.486 e. The van der Waals surface area contributed by atoms with Crippen molar-refractivity contribution in [3.8, 4) is 5.75 Å². The summed E-state index contributed by atoms with van der Waals surface area (Å²) in [6.07, 6.45) is 4.83. The van der Waals surface area contributed by atoms with Crippen molar-refractivity contribution >= 4 is 29.5 Å². The number of aromatic nitrogens is 3. The number of fused-ring (bicyclic) bond motifs is 3. The second-order valence-corrected chi connectivity index (χ2v) is 13.8. The van der Waals surface area contributed by atoms with E-state index in [9.17, 15) is 15.0 Å². The van der Waals surface area contributed by atoms with E-state index in [-0.39, 0.29) is 36.3 Å². The number of nitrogens with zero attached hydrogens (tertiary/aromatic N) is 5. The second kappa shape index (κ2) is 11.3. The molecule has 0 radical (unpaired) electrons. The Morgan fingerprint density at radius 1 is 1.26 bits per heavy atom. The van der Waals surface area contributed by atoms with E-state index in [0.29, 0.717) is 61.6 Å². The molecular formula is C29H40N6O6S. The van der Waals surface area contributed by atoms with Crippen molar-refractivity contribution in [1.29, 1.82) is 0 Å². The van der Waals surface area contributed by atoms with E-state index in [1.54, 1.807) is 12.4 Å². The van der Waals surface area contributed by atoms with Gasteiger partial charge in [-0.1, -0.05) is 11.8 Å². The van der Waals surface area contributed by atoms with Gasteiger partial charge in [0.15, 0.2) is 17.4 Å². The summed E-state index contributed by atoms with van der Waals surface area (Å²) >= 11 is 1.42. The molecule has 3 N–H and O–H groups in total. The predicted molar refractivity (Wildman–Crippen MR) is 156 cm³/mol. The number of carbonyl (C=O) groups is 1. The number of hydrogen-bond donors (Lipinski definition) is 3. The van der Waals surface area contributed by atoms with E-state index >= 15 is 0 Å². The van der Waals surface area contributed by atoms with Crippen LogP contribution in [0.3, 0.4) is 0 Å². The molecule has 0 bridgehead atoms. The predicted octanol–water partition coefficient (Wildman–Crippen LogP) is 2.75. The summed E-state index contributed by atoms with van der Waals surface area (Å²) in [6, 6.07) is 1.87. The summed E-state index contributed by atoms with van der Waals surface area (Å²) in [5.41, 5.74) is -0.250. The summed E-state index contributed by atoms with van der Waals surface area (Å²) in [7, 11) is 0. The number of alkyl carbamates (subject to hydrolysis) is 1. The maximum atomic E-state index is 12.6. The molecule has 4 aliphatic heterocycles. The van der Waals surface area contributed by atoms with Crippen LogP contribution in [0, 0.1) is 5.41 Å². The molecule has 4 atom stereocenters. The number of anilines is 2. The number of piperidine rings is 1. The van der Waals surface area contributed by atoms with Crippen LogP contribution in [0.4, 0.5) is 16.4 Å². The standard InChI is InChI=1S/C29H40N6O6S/c1-17-24(33-27(38)41-28(2,3)4)29(16-40-17)6-9-34(10-7-29)25-20(14-36)32-22(12-31-25)42-21-5-8-30-26-23(21)39-15-18-11-19(37)13-35(18)26/h5,8,12,17-19,24,36-37H,6-7,9-11,13-16H2,1-4H3,(H,33,38). The SMILES string of the molecule is CC1OCC2(CCN(c3ncc(Sc4ccnc5c4OCC4CC(O)CN54)nc3CO)CC2)C1NC(=O)OC(C)(C)C. The van der Waals surface area contributed by atoms with Crippen LogP contribution in [0.2, 0.25) is 0 Å². The minimum Gasteiger partial charge on any atom is -0.486 e. The lowest BCUT2D eigenvalue weighted by Gasteiger charge is -2.43. The van der Waals surface area contributed by atoms with Gasteiger partial charge >= 0.3 is 6.09 Å². The van der Waals surface area contributed by atoms with Crippen LogP contribution in [-0.4, -0.2) is 94.0 Å². The van der Waals surface area contributed by atoms with Crippen molar-refractivity contribution < 1.29 is 29.2 Å². The molecule has 0 aliphatic carbocycles. The zero-order valence-corrected chi connectivity index (χ0v) is 25.4. The number of amides is 1. The Morgan fingerprint density at radius 2 is 2.05 bits per heavy atom. The van der Waals surface area contributed by atoms with Crippen molar-refractivity contribution in [2.24, 2.45) is 5.41 Å². The molecular weight excluding hydrogens is 560 g/mol. The van der Waals surface area contributed by atoms with E-state index < -0.39 is 11.7 Å². The highest BCUT2D eigenvalue weighted by Gasteiger charge is 2.50. The third kappa shape index (κ3) is 5.71. The van der Waals surface area contributed by atoms with E-state index in [2.05, 4.69) is 20.1 Å². The first-order valence-corrected chi connectivity index (χ1v) is 15.4. The first-order valence-electron chi connectivity index (χ1n) is 14.6. The van der Waals surface area contributed by atoms with E-state index in [1.807, 2.05) is 33.8 Å². The quantitative estimate of drug-likeness (QED) is 0.464. The van der Waals surface area contributed by atoms with Crippen LogP contribution >= 0.6 is 11.8 Å². The molecule has 4 aliphatic rings. The highest BCUT2D eigenvalue weighted by molar-refractivity contribution is 7.99. The molecule has 2 aromatic rings. The number of pyridine rings is 1. The Hall–Kier alpha value is -2.87. The van der Waals surface area contributed by atoms with Crippen LogP contribution in [0.25, 0.3) is 0 Å². The summed E-state index contributed by atoms with van der Waals surface area (Å²) < 4.78 is 17.6. The van der Waals surface area contributed by atoms with Gasteiger partial charge in [0.05, 0.1) is 48.6 Å². The lowest BCUT2D eigenvalue weighted by atomic mass is 9.73. The Labute approximate surface area is 250 Å². The number of nitrogens with one attached hydrogen (secondary N) is 1. The summed E-state index contributed by atoms with van der Waals surface area (Å²) in [5, 5.41) is 24.1. The third-order valence-electron chi connectivity index (χ3n) is 8.59. The minimum absolute atomic E-state index is 0.113. The summed E-state index contributed by atoms with van der Waals surface area (Å²) in [6.45, 7) is 10.3. The molecule has 6 heterocycles. The van der Waals surface area contributed by atoms with Crippen molar-refractivity contribution in [1.82, 2.24) is 20.3 Å². The van der Waals surface area contributed by atoms with Gasteiger partial charge in [0, 0.05) is 31.2 Å². The molecule has 3 saturated heterocycles. The molecule has 1 amide bonds. The van der Waals surface area contributed by atoms with Crippen LogP contribution in [0.15, 0.2) is 28.4 Å². The van der Waals surface area contributed by atoms with Gasteiger partial charge in [-0.25, -0.2) is 19.7 Å². The maximum absolute atomic E-state index is 12.6. The lowest BCUT2D eigenvalue weighted by molar-refractivity contribution is 0.0434. The summed E-state index contributed by atoms with van der Waals surface area (Å²) in [4.78, 5) is 31.8. The molecule has 228 valence electrons. The molecule has 2 aromatic heterocycles. The van der Waals surface area contributed by atoms with Crippen LogP contribution < -0.4 is 19.9 Å². The van der Waals surface area contributed by atoms with E-state index in [1.165, 1.54) is 11.8 Å². The molecule has 0 saturated carbocycles. The fraction of sp³-hybridized carbons (Fsp3) is 0.655. The highest BCUT2D eigenvalue weighted by Crippen LogP contribution is 2.45. The van der Waals surface area contributed by atoms with Gasteiger partial charge in [-0.2, -0.15) is 0 Å². The maximum Gasteiger partial charge on any atom is 0.407 e. The second-order valence-electron chi connectivity index (χ2n) is 12.7. The van der Waals surface area contributed by atoms with E-state index in [0.717, 1.165) is 23.6 Å². The Morgan fingerprint density at radius 3 is 2.79 bits per heavy atom. The van der Waals surface area contributed by atoms with Crippen LogP contribution in [0.5, 0.6) is 5.75 Å². The first kappa shape index (κ1) is 29.2. The van der Waals surface area contributed by atoms with Gasteiger partial charge in [0.25, 0.3) is 0 Å². The third-order valence-corrected chi connectivity index (χ3v) is 9.54. The molecule has 3 fully saturated rings. The molecule has 42 heavy (non-hydrogen) atoms. The van der Waals surface area contributed by atoms with Crippen molar-refractivity contribution in [3.05, 3.63) is 24.2 Å². The molecule has 0 aromatic carbocycles. The fourth-order valence-corrected chi connectivity index (χ4v) is 7.43. The molecule has 1 spiro atoms. The molecule has 4 unspecified atom stereocenters. The molecule has 12 nitrogen and oxygen atoms in total. The first-order chi connectivity index (χ1) is 20.0. The van der Waals surface area contributed by atoms with Crippen molar-refractivity contribution in [2.75, 3.05) is 42.6 Å². The van der Waals surface area contributed by atoms with Crippen molar-refractivity contribution in [3.63, 3.8) is 0 Å². The fourth-order valence-electron chi connectivity index (χ4n) is 6.57. The Bertz CT molecular complexity index is 1320. The average molecular weight is 601 g/mol. The molecule has 6 rings (SSSR count). The number of hydrogen-bond acceptors (Lipinski definition) is 12. The monoisotopic (exact) mass is 600 g/mol. The summed E-state index contributed by atoms with van der Waals surface area (Å²) in [5.74, 6) is 2.10. The van der Waals surface area contributed by atoms with Gasteiger partial charge in [0.2, 0.25) is 0 Å². The van der Waals surface area contributed by atoms with Gasteiger partial charge in [-0.05, 0) is 53.0 Å². The average Bonchev–Trinajstić information content (AvgIpc) is 3.47. The zero-order valence-electron chi connectivity index (χ0n) is 24.6. The normalized spacial score (nSPS) is 26.5. The topological polar surface area (TPSA) is 142 Å². The van der Waals surface area contributed by atoms with Gasteiger partial charge in [-0.3, -0.25) is 0 Å². The van der Waals surface area contributed by atoms with Crippen LogP contribution in [0.1, 0.15) is 52.7 Å². The number of carbonyl (C=O) groups excluding carboxylic acids is 1. The molecule has 13 heteroatoms. The van der Waals surface area contributed by atoms with Gasteiger partial charge < -0.3 is 39.5 Å². The lowest BCUT2D eigenvalue weighted by Crippen LogP contribution is -2.55. The number of ether oxygens (including phenoxy) is 3. The Kier molecular flexibility index (Phi) is 7.88. The smallest absolute Gasteiger partial charge is 0.407 e. The number of aliphatic hydroxyl groups excluding tert-OH is 2. The Balaban J connectivity index is 1.14. The zero-order chi connectivity index (χ0) is 29.6. The van der Waals surface area contributed by atoms with Crippen LogP contribution in [-0.2, 0) is 16.1 Å². The number of rotatable bonds is 5. The van der Waals surface area contributed by atoms with Crippen molar-refractivity contribution in [2.45, 2.75) is 93.4 Å². The van der Waals surface area contributed by atoms with Gasteiger partial charge in [-0.15, -0.1) is 0 Å². The van der Waals surface area contributed by atoms with E-state index in [4.69, 9.17) is 24.2 Å².